The van der Waals surface area contributed by atoms with Crippen LogP contribution < -0.4 is 16.2 Å². The van der Waals surface area contributed by atoms with Crippen LogP contribution in [0.5, 0.6) is 0 Å². The van der Waals surface area contributed by atoms with Crippen LogP contribution in [0.3, 0.4) is 0 Å². The van der Waals surface area contributed by atoms with E-state index in [1.807, 2.05) is 19.9 Å². The molecule has 6 nitrogen and oxygen atoms in total. The van der Waals surface area contributed by atoms with Gasteiger partial charge in [0.25, 0.3) is 5.56 Å². The van der Waals surface area contributed by atoms with Gasteiger partial charge < -0.3 is 5.32 Å². The van der Waals surface area contributed by atoms with E-state index in [2.05, 4.69) is 27.2 Å². The molecule has 21 heavy (non-hydrogen) atoms. The molecule has 3 heterocycles. The van der Waals surface area contributed by atoms with Crippen molar-refractivity contribution in [2.24, 2.45) is 0 Å². The van der Waals surface area contributed by atoms with Gasteiger partial charge in [-0.25, -0.2) is 9.97 Å². The fourth-order valence-corrected chi connectivity index (χ4v) is 2.59. The first-order chi connectivity index (χ1) is 10.0. The van der Waals surface area contributed by atoms with Crippen LogP contribution in [0.2, 0.25) is 0 Å². The molecular formula is C15H17N5O. The van der Waals surface area contributed by atoms with Crippen LogP contribution in [0, 0.1) is 0 Å². The molecule has 6 heteroatoms. The van der Waals surface area contributed by atoms with Gasteiger partial charge in [0.2, 0.25) is 0 Å². The minimum absolute atomic E-state index is 0.0794. The number of pyridine rings is 1. The van der Waals surface area contributed by atoms with E-state index in [0.29, 0.717) is 18.1 Å². The Hall–Kier alpha value is -2.47. The van der Waals surface area contributed by atoms with Gasteiger partial charge >= 0.3 is 0 Å². The maximum absolute atomic E-state index is 12.7. The summed E-state index contributed by atoms with van der Waals surface area (Å²) in [6.45, 7) is 8.44. The first-order valence-corrected chi connectivity index (χ1v) is 6.73. The highest BCUT2D eigenvalue weighted by Gasteiger charge is 2.32. The first kappa shape index (κ1) is 13.5. The molecule has 0 amide bonds. The van der Waals surface area contributed by atoms with Gasteiger partial charge in [-0.15, -0.1) is 0 Å². The molecule has 2 aromatic rings. The monoisotopic (exact) mass is 283 g/mol. The van der Waals surface area contributed by atoms with Gasteiger partial charge in [-0.3, -0.25) is 14.7 Å². The predicted octanol–water partition coefficient (Wildman–Crippen LogP) is 1.82. The third kappa shape index (κ3) is 2.23. The number of rotatable bonds is 3. The zero-order chi connectivity index (χ0) is 15.0. The Morgan fingerprint density at radius 2 is 2.33 bits per heavy atom. The largest absolute Gasteiger partial charge is 0.336 e. The standard InChI is InChI=1S/C15H17N5O/c1-4-10-7-11(19-13-5-6-16-9-17-13)14(21)20-12(10)8-18-15(20,2)3/h4-7,9,18H,1,8H2,2-3H3,(H,16,17,19). The number of aromatic nitrogens is 3. The minimum Gasteiger partial charge on any atom is -0.336 e. The van der Waals surface area contributed by atoms with Gasteiger partial charge in [-0.1, -0.05) is 12.7 Å². The summed E-state index contributed by atoms with van der Waals surface area (Å²) in [7, 11) is 0. The highest BCUT2D eigenvalue weighted by atomic mass is 16.1. The summed E-state index contributed by atoms with van der Waals surface area (Å²) in [5, 5.41) is 6.38. The summed E-state index contributed by atoms with van der Waals surface area (Å²) in [4.78, 5) is 20.7. The van der Waals surface area contributed by atoms with Crippen molar-refractivity contribution in [2.75, 3.05) is 5.32 Å². The molecule has 1 aliphatic rings. The van der Waals surface area contributed by atoms with Crippen LogP contribution in [-0.2, 0) is 12.2 Å². The quantitative estimate of drug-likeness (QED) is 0.899. The molecule has 108 valence electrons. The van der Waals surface area contributed by atoms with Crippen LogP contribution in [0.4, 0.5) is 11.5 Å². The fraction of sp³-hybridized carbons (Fsp3) is 0.267. The van der Waals surface area contributed by atoms with E-state index in [1.54, 1.807) is 22.9 Å². The highest BCUT2D eigenvalue weighted by molar-refractivity contribution is 5.62. The Morgan fingerprint density at radius 1 is 1.52 bits per heavy atom. The van der Waals surface area contributed by atoms with Crippen LogP contribution in [0.1, 0.15) is 25.1 Å². The van der Waals surface area contributed by atoms with E-state index in [4.69, 9.17) is 0 Å². The summed E-state index contributed by atoms with van der Waals surface area (Å²) >= 11 is 0. The molecule has 3 rings (SSSR count). The van der Waals surface area contributed by atoms with Crippen LogP contribution >= 0.6 is 0 Å². The van der Waals surface area contributed by atoms with E-state index in [1.165, 1.54) is 6.33 Å². The molecule has 0 aromatic carbocycles. The third-order valence-electron chi connectivity index (χ3n) is 3.65. The zero-order valence-electron chi connectivity index (χ0n) is 12.1. The second-order valence-corrected chi connectivity index (χ2v) is 5.44. The van der Waals surface area contributed by atoms with Gasteiger partial charge in [-0.2, -0.15) is 0 Å². The molecular weight excluding hydrogens is 266 g/mol. The molecule has 2 aromatic heterocycles. The molecule has 0 fully saturated rings. The average molecular weight is 283 g/mol. The van der Waals surface area contributed by atoms with Crippen molar-refractivity contribution in [3.63, 3.8) is 0 Å². The van der Waals surface area contributed by atoms with Gasteiger partial charge in [0.15, 0.2) is 0 Å². The molecule has 0 radical (unpaired) electrons. The van der Waals surface area contributed by atoms with Crippen molar-refractivity contribution in [2.45, 2.75) is 26.1 Å². The summed E-state index contributed by atoms with van der Waals surface area (Å²) in [6, 6.07) is 3.53. The number of anilines is 2. The first-order valence-electron chi connectivity index (χ1n) is 6.73. The molecule has 1 aliphatic heterocycles. The molecule has 2 N–H and O–H groups in total. The second-order valence-electron chi connectivity index (χ2n) is 5.44. The average Bonchev–Trinajstić information content (AvgIpc) is 2.79. The summed E-state index contributed by atoms with van der Waals surface area (Å²) < 4.78 is 1.77. The van der Waals surface area contributed by atoms with Crippen molar-refractivity contribution < 1.29 is 0 Å². The summed E-state index contributed by atoms with van der Waals surface area (Å²) in [5.74, 6) is 0.585. The van der Waals surface area contributed by atoms with Crippen molar-refractivity contribution in [3.05, 3.63) is 52.8 Å². The summed E-state index contributed by atoms with van der Waals surface area (Å²) in [6.07, 6.45) is 4.83. The Morgan fingerprint density at radius 3 is 3.00 bits per heavy atom. The van der Waals surface area contributed by atoms with Gasteiger partial charge in [0.1, 0.15) is 17.8 Å². The maximum Gasteiger partial charge on any atom is 0.276 e. The molecule has 0 spiro atoms. The molecule has 0 saturated heterocycles. The van der Waals surface area contributed by atoms with Crippen molar-refractivity contribution in [3.8, 4) is 0 Å². The smallest absolute Gasteiger partial charge is 0.276 e. The molecule has 0 bridgehead atoms. The maximum atomic E-state index is 12.7. The van der Waals surface area contributed by atoms with Gasteiger partial charge in [0.05, 0.1) is 5.66 Å². The van der Waals surface area contributed by atoms with Crippen LogP contribution in [-0.4, -0.2) is 14.5 Å². The third-order valence-corrected chi connectivity index (χ3v) is 3.65. The van der Waals surface area contributed by atoms with E-state index >= 15 is 0 Å². The number of nitrogens with zero attached hydrogens (tertiary/aromatic N) is 3. The number of nitrogens with one attached hydrogen (secondary N) is 2. The Bertz CT molecular complexity index is 749. The lowest BCUT2D eigenvalue weighted by atomic mass is 10.1. The lowest BCUT2D eigenvalue weighted by Crippen LogP contribution is -2.41. The fourth-order valence-electron chi connectivity index (χ4n) is 2.59. The normalized spacial score (nSPS) is 15.5. The number of fused-ring (bicyclic) bond motifs is 1. The lowest BCUT2D eigenvalue weighted by Gasteiger charge is -2.23. The van der Waals surface area contributed by atoms with Gasteiger partial charge in [-0.05, 0) is 31.5 Å². The Balaban J connectivity index is 2.15. The van der Waals surface area contributed by atoms with Gasteiger partial charge in [0, 0.05) is 18.4 Å². The van der Waals surface area contributed by atoms with E-state index in [0.717, 1.165) is 11.3 Å². The van der Waals surface area contributed by atoms with Crippen molar-refractivity contribution in [1.29, 1.82) is 0 Å². The SMILES string of the molecule is C=Cc1cc(Nc2ccncn2)c(=O)n2c1CNC2(C)C. The van der Waals surface area contributed by atoms with E-state index in [-0.39, 0.29) is 5.56 Å². The molecule has 0 atom stereocenters. The van der Waals surface area contributed by atoms with Crippen LogP contribution in [0.15, 0.2) is 36.0 Å². The Labute approximate surface area is 122 Å². The summed E-state index contributed by atoms with van der Waals surface area (Å²) in [5.41, 5.74) is 1.86. The topological polar surface area (TPSA) is 71.8 Å². The lowest BCUT2D eigenvalue weighted by molar-refractivity contribution is 0.314. The predicted molar refractivity (Wildman–Crippen MR) is 82.3 cm³/mol. The number of hydrogen-bond donors (Lipinski definition) is 2. The van der Waals surface area contributed by atoms with Crippen LogP contribution in [0.25, 0.3) is 6.08 Å². The van der Waals surface area contributed by atoms with E-state index < -0.39 is 5.66 Å². The molecule has 0 saturated carbocycles. The van der Waals surface area contributed by atoms with Crippen molar-refractivity contribution >= 4 is 17.6 Å². The van der Waals surface area contributed by atoms with E-state index in [9.17, 15) is 4.79 Å². The van der Waals surface area contributed by atoms with Crippen molar-refractivity contribution in [1.82, 2.24) is 19.9 Å². The molecule has 0 unspecified atom stereocenters. The zero-order valence-corrected chi connectivity index (χ0v) is 12.1. The minimum atomic E-state index is -0.423. The number of hydrogen-bond acceptors (Lipinski definition) is 5. The molecule has 0 aliphatic carbocycles. The second kappa shape index (κ2) is 4.82. The Kier molecular flexibility index (Phi) is 3.10. The highest BCUT2D eigenvalue weighted by Crippen LogP contribution is 2.26.